The Morgan fingerprint density at radius 3 is 2.80 bits per heavy atom. The zero-order chi connectivity index (χ0) is 14.5. The van der Waals surface area contributed by atoms with E-state index >= 15 is 0 Å². The molecule has 1 aliphatic rings. The van der Waals surface area contributed by atoms with E-state index in [1.54, 1.807) is 18.2 Å². The Morgan fingerprint density at radius 1 is 1.35 bits per heavy atom. The van der Waals surface area contributed by atoms with Gasteiger partial charge in [-0.15, -0.1) is 0 Å². The molecule has 20 heavy (non-hydrogen) atoms. The standard InChI is InChI=1S/C14H17NO5/c16-12-4-2-1-3-10(12)7-13(17)15-5-6-20-9-11(8-15)14(18)19/h1-4,11,16H,5-9H2,(H,18,19). The van der Waals surface area contributed by atoms with Crippen LogP contribution >= 0.6 is 0 Å². The second kappa shape index (κ2) is 6.38. The van der Waals surface area contributed by atoms with Gasteiger partial charge in [0, 0.05) is 18.7 Å². The quantitative estimate of drug-likeness (QED) is 0.841. The number of para-hydroxylation sites is 1. The van der Waals surface area contributed by atoms with E-state index in [9.17, 15) is 14.7 Å². The average Bonchev–Trinajstić information content (AvgIpc) is 2.67. The fraction of sp³-hybridized carbons (Fsp3) is 0.429. The van der Waals surface area contributed by atoms with Gasteiger partial charge in [0.05, 0.1) is 25.6 Å². The molecule has 0 spiro atoms. The molecule has 6 nitrogen and oxygen atoms in total. The summed E-state index contributed by atoms with van der Waals surface area (Å²) in [5.41, 5.74) is 0.537. The number of amides is 1. The number of hydrogen-bond donors (Lipinski definition) is 2. The van der Waals surface area contributed by atoms with Crippen LogP contribution in [0.15, 0.2) is 24.3 Å². The molecule has 1 aromatic carbocycles. The zero-order valence-electron chi connectivity index (χ0n) is 11.0. The van der Waals surface area contributed by atoms with Crippen molar-refractivity contribution >= 4 is 11.9 Å². The van der Waals surface area contributed by atoms with Gasteiger partial charge in [0.15, 0.2) is 0 Å². The molecule has 1 unspecified atom stereocenters. The SMILES string of the molecule is O=C(O)C1COCCN(C(=O)Cc2ccccc2O)C1. The maximum Gasteiger partial charge on any atom is 0.310 e. The number of benzene rings is 1. The van der Waals surface area contributed by atoms with E-state index in [0.717, 1.165) is 0 Å². The average molecular weight is 279 g/mol. The summed E-state index contributed by atoms with van der Waals surface area (Å²) in [6.45, 7) is 0.962. The van der Waals surface area contributed by atoms with Crippen LogP contribution in [0.25, 0.3) is 0 Å². The van der Waals surface area contributed by atoms with E-state index in [-0.39, 0.29) is 31.2 Å². The zero-order valence-corrected chi connectivity index (χ0v) is 11.0. The van der Waals surface area contributed by atoms with Gasteiger partial charge in [-0.05, 0) is 6.07 Å². The third-order valence-electron chi connectivity index (χ3n) is 3.30. The Kier molecular flexibility index (Phi) is 4.57. The molecule has 6 heteroatoms. The maximum atomic E-state index is 12.2. The van der Waals surface area contributed by atoms with Crippen LogP contribution in [-0.2, 0) is 20.7 Å². The third-order valence-corrected chi connectivity index (χ3v) is 3.30. The second-order valence-corrected chi connectivity index (χ2v) is 4.76. The summed E-state index contributed by atoms with van der Waals surface area (Å²) in [4.78, 5) is 24.7. The first-order valence-electron chi connectivity index (χ1n) is 6.43. The highest BCUT2D eigenvalue weighted by molar-refractivity contribution is 5.80. The van der Waals surface area contributed by atoms with E-state index in [4.69, 9.17) is 9.84 Å². The number of phenolic OH excluding ortho intramolecular Hbond substituents is 1. The molecular formula is C14H17NO5. The third kappa shape index (κ3) is 3.48. The number of ether oxygens (including phenoxy) is 1. The minimum Gasteiger partial charge on any atom is -0.508 e. The molecule has 0 radical (unpaired) electrons. The molecule has 2 N–H and O–H groups in total. The number of nitrogens with zero attached hydrogens (tertiary/aromatic N) is 1. The van der Waals surface area contributed by atoms with Gasteiger partial charge in [0.1, 0.15) is 5.75 Å². The lowest BCUT2D eigenvalue weighted by Crippen LogP contribution is -2.38. The van der Waals surface area contributed by atoms with Gasteiger partial charge < -0.3 is 19.8 Å². The van der Waals surface area contributed by atoms with Gasteiger partial charge in [0.2, 0.25) is 5.91 Å². The van der Waals surface area contributed by atoms with Crippen molar-refractivity contribution in [3.63, 3.8) is 0 Å². The topological polar surface area (TPSA) is 87.1 Å². The lowest BCUT2D eigenvalue weighted by Gasteiger charge is -2.22. The predicted molar refractivity (Wildman–Crippen MR) is 70.3 cm³/mol. The molecule has 2 rings (SSSR count). The van der Waals surface area contributed by atoms with Crippen LogP contribution in [-0.4, -0.2) is 53.3 Å². The molecule has 0 saturated carbocycles. The number of aromatic hydroxyl groups is 1. The van der Waals surface area contributed by atoms with Gasteiger partial charge in [-0.2, -0.15) is 0 Å². The molecule has 0 bridgehead atoms. The first-order valence-corrected chi connectivity index (χ1v) is 6.43. The first-order chi connectivity index (χ1) is 9.58. The van der Waals surface area contributed by atoms with E-state index in [0.29, 0.717) is 18.7 Å². The highest BCUT2D eigenvalue weighted by Crippen LogP contribution is 2.18. The molecular weight excluding hydrogens is 262 g/mol. The van der Waals surface area contributed by atoms with Crippen molar-refractivity contribution in [2.45, 2.75) is 6.42 Å². The number of carboxylic acids is 1. The Morgan fingerprint density at radius 2 is 2.10 bits per heavy atom. The number of aliphatic carboxylic acids is 1. The minimum atomic E-state index is -0.966. The van der Waals surface area contributed by atoms with Crippen molar-refractivity contribution in [2.24, 2.45) is 5.92 Å². The second-order valence-electron chi connectivity index (χ2n) is 4.76. The summed E-state index contributed by atoms with van der Waals surface area (Å²) in [5, 5.41) is 18.7. The predicted octanol–water partition coefficient (Wildman–Crippen LogP) is 0.494. The summed E-state index contributed by atoms with van der Waals surface area (Å²) in [6, 6.07) is 6.63. The minimum absolute atomic E-state index is 0.0546. The van der Waals surface area contributed by atoms with Crippen LogP contribution in [0, 0.1) is 5.92 Å². The summed E-state index contributed by atoms with van der Waals surface area (Å²) < 4.78 is 5.20. The maximum absolute atomic E-state index is 12.2. The van der Waals surface area contributed by atoms with Gasteiger partial charge in [-0.25, -0.2) is 0 Å². The monoisotopic (exact) mass is 279 g/mol. The Balaban J connectivity index is 2.04. The van der Waals surface area contributed by atoms with Gasteiger partial charge in [-0.3, -0.25) is 9.59 Å². The summed E-state index contributed by atoms with van der Waals surface area (Å²) >= 11 is 0. The van der Waals surface area contributed by atoms with Crippen LogP contribution < -0.4 is 0 Å². The number of hydrogen-bond acceptors (Lipinski definition) is 4. The van der Waals surface area contributed by atoms with Crippen molar-refractivity contribution < 1.29 is 24.5 Å². The number of phenols is 1. The summed E-state index contributed by atoms with van der Waals surface area (Å²) in [5.74, 6) is -1.80. The number of carboxylic acid groups (broad SMARTS) is 1. The Bertz CT molecular complexity index is 502. The highest BCUT2D eigenvalue weighted by Gasteiger charge is 2.27. The Labute approximate surface area is 116 Å². The summed E-state index contributed by atoms with van der Waals surface area (Å²) in [7, 11) is 0. The largest absolute Gasteiger partial charge is 0.508 e. The Hall–Kier alpha value is -2.08. The van der Waals surface area contributed by atoms with E-state index in [1.807, 2.05) is 0 Å². The first kappa shape index (κ1) is 14.3. The van der Waals surface area contributed by atoms with Crippen LogP contribution in [0.4, 0.5) is 0 Å². The molecule has 1 saturated heterocycles. The lowest BCUT2D eigenvalue weighted by atomic mass is 10.1. The van der Waals surface area contributed by atoms with Crippen LogP contribution in [0.1, 0.15) is 5.56 Å². The molecule has 1 amide bonds. The smallest absolute Gasteiger partial charge is 0.310 e. The van der Waals surface area contributed by atoms with Gasteiger partial charge in [0.25, 0.3) is 0 Å². The van der Waals surface area contributed by atoms with Gasteiger partial charge in [-0.1, -0.05) is 18.2 Å². The van der Waals surface area contributed by atoms with Gasteiger partial charge >= 0.3 is 5.97 Å². The van der Waals surface area contributed by atoms with E-state index < -0.39 is 11.9 Å². The molecule has 0 aliphatic carbocycles. The summed E-state index contributed by atoms with van der Waals surface area (Å²) in [6.07, 6.45) is 0.0546. The number of carbonyl (C=O) groups is 2. The fourth-order valence-corrected chi connectivity index (χ4v) is 2.12. The van der Waals surface area contributed by atoms with Crippen LogP contribution in [0.2, 0.25) is 0 Å². The van der Waals surface area contributed by atoms with Crippen LogP contribution in [0.3, 0.4) is 0 Å². The molecule has 1 heterocycles. The molecule has 1 atom stereocenters. The molecule has 0 aromatic heterocycles. The molecule has 1 fully saturated rings. The fourth-order valence-electron chi connectivity index (χ4n) is 2.12. The van der Waals surface area contributed by atoms with Crippen LogP contribution in [0.5, 0.6) is 5.75 Å². The number of rotatable bonds is 3. The molecule has 108 valence electrons. The van der Waals surface area contributed by atoms with Crippen molar-refractivity contribution in [2.75, 3.05) is 26.3 Å². The van der Waals surface area contributed by atoms with Crippen molar-refractivity contribution in [3.8, 4) is 5.75 Å². The normalized spacial score (nSPS) is 19.4. The molecule has 1 aromatic rings. The highest BCUT2D eigenvalue weighted by atomic mass is 16.5. The van der Waals surface area contributed by atoms with Crippen molar-refractivity contribution in [1.82, 2.24) is 4.90 Å². The van der Waals surface area contributed by atoms with E-state index in [1.165, 1.54) is 11.0 Å². The van der Waals surface area contributed by atoms with E-state index in [2.05, 4.69) is 0 Å². The van der Waals surface area contributed by atoms with Crippen molar-refractivity contribution in [1.29, 1.82) is 0 Å². The number of carbonyl (C=O) groups excluding carboxylic acids is 1. The lowest BCUT2D eigenvalue weighted by molar-refractivity contribution is -0.144. The molecule has 1 aliphatic heterocycles. The van der Waals surface area contributed by atoms with Crippen molar-refractivity contribution in [3.05, 3.63) is 29.8 Å².